The van der Waals surface area contributed by atoms with E-state index in [9.17, 15) is 9.59 Å². The first kappa shape index (κ1) is 14.1. The molecular formula is C18H15NO3. The number of rotatable bonds is 5. The maximum Gasteiger partial charge on any atom is 0.375 e. The van der Waals surface area contributed by atoms with Gasteiger partial charge >= 0.3 is 5.97 Å². The Bertz CT molecular complexity index is 805. The molecule has 0 saturated carbocycles. The molecule has 0 radical (unpaired) electrons. The summed E-state index contributed by atoms with van der Waals surface area (Å²) in [6, 6.07) is 16.9. The maximum atomic E-state index is 12.0. The van der Waals surface area contributed by atoms with Gasteiger partial charge in [-0.1, -0.05) is 48.5 Å². The topological polar surface area (TPSA) is 59.2 Å². The minimum atomic E-state index is -0.799. The molecule has 4 heteroatoms. The van der Waals surface area contributed by atoms with Gasteiger partial charge in [0.15, 0.2) is 0 Å². The Hall–Kier alpha value is -2.88. The molecule has 3 rings (SSSR count). The summed E-state index contributed by atoms with van der Waals surface area (Å²) in [7, 11) is 0. The van der Waals surface area contributed by atoms with Crippen LogP contribution in [0.4, 0.5) is 0 Å². The largest absolute Gasteiger partial charge is 0.455 e. The van der Waals surface area contributed by atoms with Gasteiger partial charge in [-0.3, -0.25) is 4.79 Å². The summed E-state index contributed by atoms with van der Waals surface area (Å²) in [5.74, 6) is -1.34. The van der Waals surface area contributed by atoms with E-state index < -0.39 is 11.8 Å². The Kier molecular flexibility index (Phi) is 4.01. The molecule has 0 bridgehead atoms. The number of Topliss-reactive ketones (excluding diaryl/α,β-unsaturated/α-hetero) is 1. The highest BCUT2D eigenvalue weighted by atomic mass is 16.5. The molecule has 0 fully saturated rings. The normalized spacial score (nSPS) is 10.5. The SMILES string of the molecule is O=C(Cc1cccc2cc[nH]c12)C(=O)OCc1ccccc1. The van der Waals surface area contributed by atoms with Crippen molar-refractivity contribution in [3.8, 4) is 0 Å². The van der Waals surface area contributed by atoms with Crippen molar-refractivity contribution >= 4 is 22.7 Å². The van der Waals surface area contributed by atoms with Crippen molar-refractivity contribution in [1.29, 1.82) is 0 Å². The highest BCUT2D eigenvalue weighted by Gasteiger charge is 2.17. The maximum absolute atomic E-state index is 12.0. The number of benzene rings is 2. The average Bonchev–Trinajstić information content (AvgIpc) is 3.03. The van der Waals surface area contributed by atoms with Gasteiger partial charge in [0.2, 0.25) is 5.78 Å². The molecule has 2 aromatic carbocycles. The summed E-state index contributed by atoms with van der Waals surface area (Å²) < 4.78 is 5.06. The third kappa shape index (κ3) is 3.06. The number of H-pyrrole nitrogens is 1. The van der Waals surface area contributed by atoms with Gasteiger partial charge in [-0.05, 0) is 22.6 Å². The second-order valence-corrected chi connectivity index (χ2v) is 5.02. The first-order chi connectivity index (χ1) is 10.7. The monoisotopic (exact) mass is 293 g/mol. The number of ether oxygens (including phenoxy) is 1. The summed E-state index contributed by atoms with van der Waals surface area (Å²) in [6.07, 6.45) is 1.85. The Morgan fingerprint density at radius 2 is 1.77 bits per heavy atom. The number of aromatic amines is 1. The predicted molar refractivity (Wildman–Crippen MR) is 83.2 cm³/mol. The van der Waals surface area contributed by atoms with Crippen LogP contribution in [0, 0.1) is 0 Å². The molecule has 0 atom stereocenters. The van der Waals surface area contributed by atoms with E-state index in [4.69, 9.17) is 4.74 Å². The van der Waals surface area contributed by atoms with E-state index in [2.05, 4.69) is 4.98 Å². The lowest BCUT2D eigenvalue weighted by molar-refractivity contribution is -0.154. The lowest BCUT2D eigenvalue weighted by atomic mass is 10.1. The summed E-state index contributed by atoms with van der Waals surface area (Å²) >= 11 is 0. The van der Waals surface area contributed by atoms with Crippen molar-refractivity contribution in [2.75, 3.05) is 0 Å². The Labute approximate surface area is 127 Å². The van der Waals surface area contributed by atoms with Crippen molar-refractivity contribution in [2.45, 2.75) is 13.0 Å². The zero-order valence-electron chi connectivity index (χ0n) is 11.9. The minimum absolute atomic E-state index is 0.0332. The van der Waals surface area contributed by atoms with Gasteiger partial charge in [0.25, 0.3) is 0 Å². The van der Waals surface area contributed by atoms with Crippen LogP contribution in [0.1, 0.15) is 11.1 Å². The smallest absolute Gasteiger partial charge is 0.375 e. The third-order valence-electron chi connectivity index (χ3n) is 3.46. The van der Waals surface area contributed by atoms with Crippen LogP contribution in [0.3, 0.4) is 0 Å². The summed E-state index contributed by atoms with van der Waals surface area (Å²) in [4.78, 5) is 26.9. The third-order valence-corrected chi connectivity index (χ3v) is 3.46. The Morgan fingerprint density at radius 3 is 2.59 bits per heavy atom. The van der Waals surface area contributed by atoms with E-state index in [0.717, 1.165) is 22.0 Å². The molecule has 4 nitrogen and oxygen atoms in total. The van der Waals surface area contributed by atoms with Crippen LogP contribution in [0.2, 0.25) is 0 Å². The molecule has 3 aromatic rings. The number of para-hydroxylation sites is 1. The summed E-state index contributed by atoms with van der Waals surface area (Å²) in [5.41, 5.74) is 2.53. The van der Waals surface area contributed by atoms with Crippen LogP contribution < -0.4 is 0 Å². The van der Waals surface area contributed by atoms with Gasteiger partial charge in [0.05, 0.1) is 0 Å². The van der Waals surface area contributed by atoms with Gasteiger partial charge in [-0.2, -0.15) is 0 Å². The number of aromatic nitrogens is 1. The number of fused-ring (bicyclic) bond motifs is 1. The Morgan fingerprint density at radius 1 is 0.955 bits per heavy atom. The molecule has 0 aliphatic carbocycles. The van der Waals surface area contributed by atoms with Crippen LogP contribution in [-0.4, -0.2) is 16.7 Å². The van der Waals surface area contributed by atoms with Gasteiger partial charge in [0.1, 0.15) is 6.61 Å². The lowest BCUT2D eigenvalue weighted by Gasteiger charge is -2.05. The standard InChI is InChI=1S/C18H15NO3/c20-16(18(21)22-12-13-5-2-1-3-6-13)11-15-8-4-7-14-9-10-19-17(14)15/h1-10,19H,11-12H2. The molecule has 0 saturated heterocycles. The molecule has 0 unspecified atom stereocenters. The highest BCUT2D eigenvalue weighted by molar-refractivity contribution is 6.34. The van der Waals surface area contributed by atoms with Gasteiger partial charge < -0.3 is 9.72 Å². The van der Waals surface area contributed by atoms with Crippen LogP contribution in [0.15, 0.2) is 60.8 Å². The first-order valence-corrected chi connectivity index (χ1v) is 7.03. The second-order valence-electron chi connectivity index (χ2n) is 5.02. The number of carbonyl (C=O) groups is 2. The van der Waals surface area contributed by atoms with E-state index in [0.29, 0.717) is 0 Å². The van der Waals surface area contributed by atoms with Crippen LogP contribution >= 0.6 is 0 Å². The van der Waals surface area contributed by atoms with E-state index in [-0.39, 0.29) is 13.0 Å². The Balaban J connectivity index is 1.64. The molecular weight excluding hydrogens is 278 g/mol. The molecule has 1 N–H and O–H groups in total. The van der Waals surface area contributed by atoms with Crippen molar-refractivity contribution in [3.63, 3.8) is 0 Å². The predicted octanol–water partition coefficient (Wildman–Crippen LogP) is 3.02. The summed E-state index contributed by atoms with van der Waals surface area (Å²) in [6.45, 7) is 0.109. The highest BCUT2D eigenvalue weighted by Crippen LogP contribution is 2.17. The molecule has 1 aromatic heterocycles. The molecule has 0 amide bonds. The number of esters is 1. The molecule has 1 heterocycles. The zero-order chi connectivity index (χ0) is 15.4. The fraction of sp³-hybridized carbons (Fsp3) is 0.111. The first-order valence-electron chi connectivity index (χ1n) is 7.03. The van der Waals surface area contributed by atoms with Crippen molar-refractivity contribution in [3.05, 3.63) is 71.9 Å². The zero-order valence-corrected chi connectivity index (χ0v) is 11.9. The van der Waals surface area contributed by atoms with Crippen LogP contribution in [0.5, 0.6) is 0 Å². The molecule has 0 aliphatic heterocycles. The fourth-order valence-electron chi connectivity index (χ4n) is 2.35. The van der Waals surface area contributed by atoms with Crippen LogP contribution in [0.25, 0.3) is 10.9 Å². The number of hydrogen-bond donors (Lipinski definition) is 1. The van der Waals surface area contributed by atoms with E-state index in [1.54, 1.807) is 0 Å². The number of ketones is 1. The molecule has 110 valence electrons. The van der Waals surface area contributed by atoms with Gasteiger partial charge in [-0.15, -0.1) is 0 Å². The second kappa shape index (κ2) is 6.26. The minimum Gasteiger partial charge on any atom is -0.455 e. The average molecular weight is 293 g/mol. The van der Waals surface area contributed by atoms with E-state index in [1.165, 1.54) is 0 Å². The molecule has 22 heavy (non-hydrogen) atoms. The molecule has 0 aliphatic rings. The number of hydrogen-bond acceptors (Lipinski definition) is 3. The number of nitrogens with one attached hydrogen (secondary N) is 1. The van der Waals surface area contributed by atoms with E-state index >= 15 is 0 Å². The van der Waals surface area contributed by atoms with E-state index in [1.807, 2.05) is 60.8 Å². The van der Waals surface area contributed by atoms with Crippen molar-refractivity contribution < 1.29 is 14.3 Å². The quantitative estimate of drug-likeness (QED) is 0.581. The lowest BCUT2D eigenvalue weighted by Crippen LogP contribution is -2.19. The number of carbonyl (C=O) groups excluding carboxylic acids is 2. The van der Waals surface area contributed by atoms with Gasteiger partial charge in [-0.25, -0.2) is 4.79 Å². The summed E-state index contributed by atoms with van der Waals surface area (Å²) in [5, 5.41) is 1.02. The van der Waals surface area contributed by atoms with Crippen molar-refractivity contribution in [2.24, 2.45) is 0 Å². The van der Waals surface area contributed by atoms with Crippen molar-refractivity contribution in [1.82, 2.24) is 4.98 Å². The van der Waals surface area contributed by atoms with Crippen LogP contribution in [-0.2, 0) is 27.4 Å². The molecule has 0 spiro atoms. The fourth-order valence-corrected chi connectivity index (χ4v) is 2.35. The van der Waals surface area contributed by atoms with Gasteiger partial charge in [0, 0.05) is 18.1 Å².